The van der Waals surface area contributed by atoms with Crippen LogP contribution < -0.4 is 0 Å². The summed E-state index contributed by atoms with van der Waals surface area (Å²) in [6, 6.07) is 4.45. The lowest BCUT2D eigenvalue weighted by atomic mass is 9.97. The Bertz CT molecular complexity index is 693. The Kier molecular flexibility index (Phi) is 7.18. The fourth-order valence-electron chi connectivity index (χ4n) is 3.16. The van der Waals surface area contributed by atoms with Crippen LogP contribution in [0.2, 0.25) is 0 Å². The molecule has 1 aromatic carbocycles. The number of rotatable bonds is 3. The quantitative estimate of drug-likeness (QED) is 0.591. The van der Waals surface area contributed by atoms with Gasteiger partial charge in [0.25, 0.3) is 0 Å². The number of aliphatic hydroxyl groups excluding tert-OH is 1. The largest absolute Gasteiger partial charge is 0.416 e. The van der Waals surface area contributed by atoms with Crippen LogP contribution in [0.3, 0.4) is 0 Å². The second-order valence-electron chi connectivity index (χ2n) is 6.59. The van der Waals surface area contributed by atoms with Gasteiger partial charge in [-0.05, 0) is 56.4 Å². The summed E-state index contributed by atoms with van der Waals surface area (Å²) >= 11 is 0. The lowest BCUT2D eigenvalue weighted by Crippen LogP contribution is -2.30. The Morgan fingerprint density at radius 1 is 1.19 bits per heavy atom. The first-order valence-electron chi connectivity index (χ1n) is 8.86. The van der Waals surface area contributed by atoms with Crippen LogP contribution in [-0.2, 0) is 11.0 Å². The molecular formula is C20H23F4NO2. The molecule has 1 N–H and O–H groups in total. The van der Waals surface area contributed by atoms with Crippen molar-refractivity contribution in [3.8, 4) is 0 Å². The number of allylic oxidation sites excluding steroid dienone is 2. The number of likely N-dealkylation sites (tertiary alicyclic amines) is 1. The Morgan fingerprint density at radius 2 is 1.81 bits per heavy atom. The van der Waals surface area contributed by atoms with E-state index in [1.165, 1.54) is 19.1 Å². The minimum Gasteiger partial charge on any atom is -0.389 e. The standard InChI is InChI=1S/C11H14FNO.C9H9F3O/c12-10-5-2-1-4-9(10)11-6-3-7-13(11)8-14;1-6(13)7-2-4-8(5-3-7)9(10,11)12/h4-5,8,11H,1-3,6-7H2;2-6,13H,1H3. The van der Waals surface area contributed by atoms with E-state index in [2.05, 4.69) is 0 Å². The Morgan fingerprint density at radius 3 is 2.33 bits per heavy atom. The molecule has 3 rings (SSSR count). The molecule has 0 bridgehead atoms. The third kappa shape index (κ3) is 5.66. The fourth-order valence-corrected chi connectivity index (χ4v) is 3.16. The van der Waals surface area contributed by atoms with Crippen LogP contribution >= 0.6 is 0 Å². The number of alkyl halides is 3. The SMILES string of the molecule is CC(O)c1ccc(C(F)(F)F)cc1.O=CN1CCCC1C1=CCCC=C1F. The van der Waals surface area contributed by atoms with Crippen molar-refractivity contribution in [2.75, 3.05) is 6.54 Å². The van der Waals surface area contributed by atoms with Crippen molar-refractivity contribution >= 4 is 6.41 Å². The fraction of sp³-hybridized carbons (Fsp3) is 0.450. The summed E-state index contributed by atoms with van der Waals surface area (Å²) in [7, 11) is 0. The van der Waals surface area contributed by atoms with E-state index in [1.54, 1.807) is 11.0 Å². The van der Waals surface area contributed by atoms with Gasteiger partial charge in [-0.2, -0.15) is 13.2 Å². The minimum absolute atomic E-state index is 0.0101. The molecule has 148 valence electrons. The molecule has 7 heteroatoms. The van der Waals surface area contributed by atoms with Gasteiger partial charge in [-0.3, -0.25) is 4.79 Å². The van der Waals surface area contributed by atoms with Gasteiger partial charge in [-0.25, -0.2) is 4.39 Å². The van der Waals surface area contributed by atoms with E-state index in [1.807, 2.05) is 6.08 Å². The second-order valence-corrected chi connectivity index (χ2v) is 6.59. The van der Waals surface area contributed by atoms with Crippen molar-refractivity contribution in [2.24, 2.45) is 0 Å². The first kappa shape index (κ1) is 21.2. The van der Waals surface area contributed by atoms with Gasteiger partial charge in [0.2, 0.25) is 6.41 Å². The summed E-state index contributed by atoms with van der Waals surface area (Å²) in [5.41, 5.74) is 0.505. The number of halogens is 4. The molecule has 1 aromatic rings. The molecule has 0 saturated carbocycles. The number of benzene rings is 1. The minimum atomic E-state index is -4.31. The van der Waals surface area contributed by atoms with Crippen molar-refractivity contribution < 1.29 is 27.5 Å². The molecule has 1 amide bonds. The Balaban J connectivity index is 0.000000194. The predicted octanol–water partition coefficient (Wildman–Crippen LogP) is 4.94. The molecule has 2 unspecified atom stereocenters. The first-order valence-corrected chi connectivity index (χ1v) is 8.86. The van der Waals surface area contributed by atoms with Gasteiger partial charge in [0, 0.05) is 12.1 Å². The average Bonchev–Trinajstić information content (AvgIpc) is 3.10. The summed E-state index contributed by atoms with van der Waals surface area (Å²) in [4.78, 5) is 12.4. The highest BCUT2D eigenvalue weighted by atomic mass is 19.4. The van der Waals surface area contributed by atoms with Crippen LogP contribution in [0.15, 0.2) is 47.8 Å². The van der Waals surface area contributed by atoms with Gasteiger partial charge in [-0.15, -0.1) is 0 Å². The van der Waals surface area contributed by atoms with Crippen LogP contribution in [0.1, 0.15) is 49.8 Å². The topological polar surface area (TPSA) is 40.5 Å². The van der Waals surface area contributed by atoms with Crippen molar-refractivity contribution in [3.63, 3.8) is 0 Å². The van der Waals surface area contributed by atoms with Crippen molar-refractivity contribution in [3.05, 3.63) is 58.9 Å². The van der Waals surface area contributed by atoms with Gasteiger partial charge in [0.1, 0.15) is 5.83 Å². The summed E-state index contributed by atoms with van der Waals surface area (Å²) < 4.78 is 49.6. The Hall–Kier alpha value is -2.15. The van der Waals surface area contributed by atoms with E-state index < -0.39 is 17.8 Å². The number of carbonyl (C=O) groups excluding carboxylic acids is 1. The van der Waals surface area contributed by atoms with E-state index in [-0.39, 0.29) is 11.9 Å². The van der Waals surface area contributed by atoms with Gasteiger partial charge in [0.15, 0.2) is 0 Å². The van der Waals surface area contributed by atoms with E-state index in [9.17, 15) is 22.4 Å². The lowest BCUT2D eigenvalue weighted by Gasteiger charge is -2.23. The maximum atomic E-state index is 13.5. The van der Waals surface area contributed by atoms with Crippen LogP contribution in [-0.4, -0.2) is 29.0 Å². The third-order valence-corrected chi connectivity index (χ3v) is 4.64. The number of carbonyl (C=O) groups is 1. The second kappa shape index (κ2) is 9.17. The van der Waals surface area contributed by atoms with E-state index in [0.29, 0.717) is 5.56 Å². The van der Waals surface area contributed by atoms with Gasteiger partial charge >= 0.3 is 6.18 Å². The first-order chi connectivity index (χ1) is 12.7. The summed E-state index contributed by atoms with van der Waals surface area (Å²) in [6.45, 7) is 2.27. The molecule has 1 saturated heterocycles. The van der Waals surface area contributed by atoms with Gasteiger partial charge in [-0.1, -0.05) is 18.2 Å². The molecule has 1 aliphatic carbocycles. The lowest BCUT2D eigenvalue weighted by molar-refractivity contribution is -0.137. The number of hydrogen-bond donors (Lipinski definition) is 1. The monoisotopic (exact) mass is 385 g/mol. The highest BCUT2D eigenvalue weighted by Crippen LogP contribution is 2.31. The molecule has 0 radical (unpaired) electrons. The van der Waals surface area contributed by atoms with Crippen molar-refractivity contribution in [1.29, 1.82) is 0 Å². The van der Waals surface area contributed by atoms with E-state index in [4.69, 9.17) is 5.11 Å². The molecule has 27 heavy (non-hydrogen) atoms. The summed E-state index contributed by atoms with van der Waals surface area (Å²) in [5.74, 6) is -0.130. The molecule has 0 spiro atoms. The number of aliphatic hydroxyl groups is 1. The van der Waals surface area contributed by atoms with Crippen molar-refractivity contribution in [2.45, 2.75) is 50.9 Å². The smallest absolute Gasteiger partial charge is 0.389 e. The predicted molar refractivity (Wildman–Crippen MR) is 94.4 cm³/mol. The van der Waals surface area contributed by atoms with Crippen LogP contribution in [0.25, 0.3) is 0 Å². The number of amides is 1. The normalized spacial score (nSPS) is 21.0. The molecule has 1 fully saturated rings. The van der Waals surface area contributed by atoms with Gasteiger partial charge in [0.05, 0.1) is 17.7 Å². The molecule has 3 nitrogen and oxygen atoms in total. The zero-order chi connectivity index (χ0) is 20.0. The number of hydrogen-bond acceptors (Lipinski definition) is 2. The van der Waals surface area contributed by atoms with Crippen LogP contribution in [0, 0.1) is 0 Å². The van der Waals surface area contributed by atoms with Crippen LogP contribution in [0.4, 0.5) is 17.6 Å². The summed E-state index contributed by atoms with van der Waals surface area (Å²) in [6.07, 6.45) is 2.90. The summed E-state index contributed by atoms with van der Waals surface area (Å²) in [5, 5.41) is 9.04. The highest BCUT2D eigenvalue weighted by Gasteiger charge is 2.30. The average molecular weight is 385 g/mol. The zero-order valence-corrected chi connectivity index (χ0v) is 15.0. The third-order valence-electron chi connectivity index (χ3n) is 4.64. The molecular weight excluding hydrogens is 362 g/mol. The molecule has 2 aliphatic rings. The van der Waals surface area contributed by atoms with Crippen molar-refractivity contribution in [1.82, 2.24) is 4.90 Å². The Labute approximate surface area is 156 Å². The van der Waals surface area contributed by atoms with E-state index >= 15 is 0 Å². The molecule has 1 heterocycles. The number of nitrogens with zero attached hydrogens (tertiary/aromatic N) is 1. The zero-order valence-electron chi connectivity index (χ0n) is 15.0. The maximum absolute atomic E-state index is 13.5. The molecule has 2 atom stereocenters. The molecule has 0 aromatic heterocycles. The molecule has 1 aliphatic heterocycles. The van der Waals surface area contributed by atoms with E-state index in [0.717, 1.165) is 56.3 Å². The highest BCUT2D eigenvalue weighted by molar-refractivity contribution is 5.51. The van der Waals surface area contributed by atoms with Gasteiger partial charge < -0.3 is 10.0 Å². The van der Waals surface area contributed by atoms with Crippen LogP contribution in [0.5, 0.6) is 0 Å². The maximum Gasteiger partial charge on any atom is 0.416 e.